The number of hydrogen-bond donors (Lipinski definition) is 1. The molecule has 1 atom stereocenters. The Kier molecular flexibility index (Phi) is 3.48. The molecule has 1 N–H and O–H groups in total. The Morgan fingerprint density at radius 3 is 2.38 bits per heavy atom. The van der Waals surface area contributed by atoms with Crippen LogP contribution in [0.25, 0.3) is 0 Å². The van der Waals surface area contributed by atoms with Crippen molar-refractivity contribution in [2.45, 2.75) is 6.10 Å². The molecule has 0 heterocycles. The summed E-state index contributed by atoms with van der Waals surface area (Å²) in [6.45, 7) is 4.09. The van der Waals surface area contributed by atoms with Crippen LogP contribution in [-0.2, 0) is 0 Å². The van der Waals surface area contributed by atoms with Gasteiger partial charge in [-0.1, -0.05) is 6.08 Å². The van der Waals surface area contributed by atoms with Crippen LogP contribution < -0.4 is 0 Å². The zero-order valence-corrected chi connectivity index (χ0v) is 5.46. The Morgan fingerprint density at radius 1 is 1.75 bits per heavy atom. The Balaban J connectivity index is 3.23. The van der Waals surface area contributed by atoms with Crippen molar-refractivity contribution in [2.24, 2.45) is 0 Å². The average Bonchev–Trinajstić information content (AvgIpc) is 1.65. The summed E-state index contributed by atoms with van der Waals surface area (Å²) in [5, 5.41) is 8.87. The van der Waals surface area contributed by atoms with Crippen molar-refractivity contribution in [3.05, 3.63) is 12.7 Å². The fourth-order valence-corrected chi connectivity index (χ4v) is 0.449. The third-order valence-electron chi connectivity index (χ3n) is 0.824. The molecule has 0 spiro atoms. The summed E-state index contributed by atoms with van der Waals surface area (Å²) in [6, 6.07) is 0. The minimum atomic E-state index is -0.384. The van der Waals surface area contributed by atoms with Crippen molar-refractivity contribution in [3.63, 3.8) is 0 Å². The fourth-order valence-electron chi connectivity index (χ4n) is 0.449. The molecule has 2 nitrogen and oxygen atoms in total. The summed E-state index contributed by atoms with van der Waals surface area (Å²) in [5.74, 6) is 0. The lowest BCUT2D eigenvalue weighted by molar-refractivity contribution is 0.178. The van der Waals surface area contributed by atoms with E-state index >= 15 is 0 Å². The van der Waals surface area contributed by atoms with Crippen LogP contribution in [-0.4, -0.2) is 36.8 Å². The van der Waals surface area contributed by atoms with E-state index in [0.29, 0.717) is 6.54 Å². The van der Waals surface area contributed by atoms with Gasteiger partial charge >= 0.3 is 0 Å². The summed E-state index contributed by atoms with van der Waals surface area (Å²) < 4.78 is 0. The van der Waals surface area contributed by atoms with Crippen LogP contribution in [0.5, 0.6) is 0 Å². The van der Waals surface area contributed by atoms with E-state index in [1.54, 1.807) is 0 Å². The van der Waals surface area contributed by atoms with E-state index in [1.807, 2.05) is 19.0 Å². The third-order valence-corrected chi connectivity index (χ3v) is 0.824. The smallest absolute Gasteiger partial charge is 0.0845 e. The molecule has 0 fully saturated rings. The summed E-state index contributed by atoms with van der Waals surface area (Å²) in [5.41, 5.74) is 0. The maximum absolute atomic E-state index is 8.87. The van der Waals surface area contributed by atoms with Crippen molar-refractivity contribution < 1.29 is 5.11 Å². The number of aliphatic hydroxyl groups excluding tert-OH is 1. The van der Waals surface area contributed by atoms with Gasteiger partial charge in [-0.05, 0) is 14.1 Å². The molecular weight excluding hydrogens is 102 g/mol. The van der Waals surface area contributed by atoms with Crippen molar-refractivity contribution in [1.29, 1.82) is 0 Å². The first-order valence-electron chi connectivity index (χ1n) is 2.62. The Bertz CT molecular complexity index is 70.9. The quantitative estimate of drug-likeness (QED) is 0.527. The van der Waals surface area contributed by atoms with Gasteiger partial charge in [0.25, 0.3) is 0 Å². The molecule has 0 amide bonds. The van der Waals surface area contributed by atoms with Crippen LogP contribution in [0.15, 0.2) is 12.7 Å². The maximum atomic E-state index is 8.87. The lowest BCUT2D eigenvalue weighted by Crippen LogP contribution is -2.23. The normalized spacial score (nSPS) is 14.0. The number of hydrogen-bond acceptors (Lipinski definition) is 2. The largest absolute Gasteiger partial charge is 0.388 e. The van der Waals surface area contributed by atoms with Gasteiger partial charge < -0.3 is 10.0 Å². The fraction of sp³-hybridized carbons (Fsp3) is 0.667. The first-order chi connectivity index (χ1) is 3.66. The molecule has 0 aromatic carbocycles. The molecule has 0 radical (unpaired) electrons. The molecule has 2 heteroatoms. The number of rotatable bonds is 3. The van der Waals surface area contributed by atoms with E-state index in [0.717, 1.165) is 0 Å². The molecular formula is C6H13NO. The van der Waals surface area contributed by atoms with Gasteiger partial charge in [-0.2, -0.15) is 0 Å². The predicted molar refractivity (Wildman–Crippen MR) is 34.8 cm³/mol. The minimum absolute atomic E-state index is 0.384. The second-order valence-corrected chi connectivity index (χ2v) is 2.07. The van der Waals surface area contributed by atoms with Crippen LogP contribution >= 0.6 is 0 Å². The molecule has 0 aromatic heterocycles. The van der Waals surface area contributed by atoms with Crippen molar-refractivity contribution in [1.82, 2.24) is 4.90 Å². The van der Waals surface area contributed by atoms with Crippen molar-refractivity contribution in [2.75, 3.05) is 20.6 Å². The van der Waals surface area contributed by atoms with E-state index in [1.165, 1.54) is 6.08 Å². The van der Waals surface area contributed by atoms with E-state index in [9.17, 15) is 0 Å². The highest BCUT2D eigenvalue weighted by molar-refractivity contribution is 4.79. The van der Waals surface area contributed by atoms with Gasteiger partial charge in [-0.3, -0.25) is 0 Å². The first-order valence-corrected chi connectivity index (χ1v) is 2.62. The van der Waals surface area contributed by atoms with Crippen LogP contribution in [0.1, 0.15) is 0 Å². The Morgan fingerprint density at radius 2 is 2.25 bits per heavy atom. The van der Waals surface area contributed by atoms with Gasteiger partial charge in [-0.15, -0.1) is 6.58 Å². The Labute approximate surface area is 50.4 Å². The molecule has 48 valence electrons. The highest BCUT2D eigenvalue weighted by Crippen LogP contribution is 1.84. The van der Waals surface area contributed by atoms with Crippen LogP contribution in [0.3, 0.4) is 0 Å². The molecule has 0 aliphatic rings. The second kappa shape index (κ2) is 3.64. The molecule has 0 aromatic rings. The summed E-state index contributed by atoms with van der Waals surface area (Å²) in [7, 11) is 3.82. The van der Waals surface area contributed by atoms with Crippen LogP contribution in [0, 0.1) is 0 Å². The van der Waals surface area contributed by atoms with Gasteiger partial charge in [0.1, 0.15) is 0 Å². The van der Waals surface area contributed by atoms with Gasteiger partial charge in [0.15, 0.2) is 0 Å². The number of nitrogens with zero attached hydrogens (tertiary/aromatic N) is 1. The highest BCUT2D eigenvalue weighted by Gasteiger charge is 1.96. The van der Waals surface area contributed by atoms with Crippen molar-refractivity contribution in [3.8, 4) is 0 Å². The van der Waals surface area contributed by atoms with Crippen molar-refractivity contribution >= 4 is 0 Å². The van der Waals surface area contributed by atoms with Gasteiger partial charge in [-0.25, -0.2) is 0 Å². The van der Waals surface area contributed by atoms with Gasteiger partial charge in [0, 0.05) is 6.54 Å². The number of aliphatic hydroxyl groups is 1. The third kappa shape index (κ3) is 3.84. The van der Waals surface area contributed by atoms with E-state index < -0.39 is 0 Å². The summed E-state index contributed by atoms with van der Waals surface area (Å²) >= 11 is 0. The van der Waals surface area contributed by atoms with Crippen LogP contribution in [0.2, 0.25) is 0 Å². The van der Waals surface area contributed by atoms with E-state index in [2.05, 4.69) is 6.58 Å². The average molecular weight is 115 g/mol. The van der Waals surface area contributed by atoms with Gasteiger partial charge in [0.2, 0.25) is 0 Å². The molecule has 0 aliphatic carbocycles. The SMILES string of the molecule is C=C[C@H](O)CN(C)C. The first kappa shape index (κ1) is 7.66. The highest BCUT2D eigenvalue weighted by atomic mass is 16.3. The molecule has 0 rings (SSSR count). The lowest BCUT2D eigenvalue weighted by atomic mass is 10.3. The standard InChI is InChI=1S/C6H13NO/c1-4-6(8)5-7(2)3/h4,6,8H,1,5H2,2-3H3/t6-/m0/s1. The van der Waals surface area contributed by atoms with E-state index in [4.69, 9.17) is 5.11 Å². The maximum Gasteiger partial charge on any atom is 0.0845 e. The minimum Gasteiger partial charge on any atom is -0.388 e. The van der Waals surface area contributed by atoms with E-state index in [-0.39, 0.29) is 6.10 Å². The molecule has 0 aliphatic heterocycles. The number of likely N-dealkylation sites (N-methyl/N-ethyl adjacent to an activating group) is 1. The van der Waals surface area contributed by atoms with Crippen LogP contribution in [0.4, 0.5) is 0 Å². The molecule has 0 bridgehead atoms. The topological polar surface area (TPSA) is 23.5 Å². The Hall–Kier alpha value is -0.340. The monoisotopic (exact) mass is 115 g/mol. The molecule has 0 unspecified atom stereocenters. The van der Waals surface area contributed by atoms with Gasteiger partial charge in [0.05, 0.1) is 6.10 Å². The zero-order chi connectivity index (χ0) is 6.57. The summed E-state index contributed by atoms with van der Waals surface area (Å²) in [4.78, 5) is 1.91. The lowest BCUT2D eigenvalue weighted by Gasteiger charge is -2.11. The summed E-state index contributed by atoms with van der Waals surface area (Å²) in [6.07, 6.45) is 1.14. The second-order valence-electron chi connectivity index (χ2n) is 2.07. The zero-order valence-electron chi connectivity index (χ0n) is 5.46. The molecule has 0 saturated carbocycles. The molecule has 8 heavy (non-hydrogen) atoms. The molecule has 0 saturated heterocycles. The predicted octanol–water partition coefficient (Wildman–Crippen LogP) is 0.0949.